The van der Waals surface area contributed by atoms with Crippen LogP contribution in [0.5, 0.6) is 0 Å². The standard InChI is InChI=1S/C8H8N5O2/c1-2-15-8(14)11-6-3-4-10-13-5-9-12-7(6)13/h3,5H,2H2,1H3,(H,11,14). The van der Waals surface area contributed by atoms with E-state index in [1.165, 1.54) is 16.9 Å². The Morgan fingerprint density at radius 3 is 3.40 bits per heavy atom. The number of hydrogen-bond acceptors (Lipinski definition) is 5. The van der Waals surface area contributed by atoms with Crippen molar-refractivity contribution in [1.82, 2.24) is 19.8 Å². The number of nitrogens with zero attached hydrogens (tertiary/aromatic N) is 4. The van der Waals surface area contributed by atoms with Gasteiger partial charge in [0.05, 0.1) is 12.3 Å². The first-order valence-electron chi connectivity index (χ1n) is 4.32. The molecule has 2 rings (SSSR count). The van der Waals surface area contributed by atoms with Crippen LogP contribution in [0.2, 0.25) is 0 Å². The molecule has 1 amide bonds. The van der Waals surface area contributed by atoms with E-state index in [1.54, 1.807) is 6.92 Å². The lowest BCUT2D eigenvalue weighted by Gasteiger charge is -2.04. The highest BCUT2D eigenvalue weighted by Crippen LogP contribution is 2.11. The van der Waals surface area contributed by atoms with Crippen molar-refractivity contribution in [1.29, 1.82) is 0 Å². The van der Waals surface area contributed by atoms with E-state index in [-0.39, 0.29) is 0 Å². The van der Waals surface area contributed by atoms with Crippen molar-refractivity contribution in [2.24, 2.45) is 0 Å². The van der Waals surface area contributed by atoms with Gasteiger partial charge in [0, 0.05) is 0 Å². The van der Waals surface area contributed by atoms with Gasteiger partial charge < -0.3 is 4.74 Å². The Balaban J connectivity index is 2.27. The molecule has 0 saturated carbocycles. The number of carbonyl (C=O) groups excluding carboxylic acids is 1. The summed E-state index contributed by atoms with van der Waals surface area (Å²) in [4.78, 5) is 11.2. The SMILES string of the molecule is CCOC(=O)Nc1c[c]nn2cnnc12. The fourth-order valence-electron chi connectivity index (χ4n) is 1.07. The van der Waals surface area contributed by atoms with E-state index in [0.717, 1.165) is 0 Å². The maximum Gasteiger partial charge on any atom is 0.411 e. The van der Waals surface area contributed by atoms with Gasteiger partial charge in [-0.15, -0.1) is 10.2 Å². The van der Waals surface area contributed by atoms with Crippen LogP contribution < -0.4 is 5.32 Å². The van der Waals surface area contributed by atoms with E-state index in [2.05, 4.69) is 26.8 Å². The molecule has 77 valence electrons. The molecule has 0 aliphatic heterocycles. The van der Waals surface area contributed by atoms with Crippen molar-refractivity contribution in [2.45, 2.75) is 6.92 Å². The zero-order chi connectivity index (χ0) is 10.7. The third kappa shape index (κ3) is 1.85. The fraction of sp³-hybridized carbons (Fsp3) is 0.250. The summed E-state index contributed by atoms with van der Waals surface area (Å²) in [5.41, 5.74) is 0.905. The summed E-state index contributed by atoms with van der Waals surface area (Å²) < 4.78 is 6.13. The molecular formula is C8H8N5O2. The topological polar surface area (TPSA) is 81.4 Å². The third-order valence-electron chi connectivity index (χ3n) is 1.66. The summed E-state index contributed by atoms with van der Waals surface area (Å²) in [5.74, 6) is 0. The molecule has 0 unspecified atom stereocenters. The first kappa shape index (κ1) is 9.38. The number of nitrogens with one attached hydrogen (secondary N) is 1. The molecule has 0 aromatic carbocycles. The highest BCUT2D eigenvalue weighted by Gasteiger charge is 2.08. The quantitative estimate of drug-likeness (QED) is 0.773. The number of carbonyl (C=O) groups is 1. The molecule has 2 aromatic heterocycles. The number of aromatic nitrogens is 4. The number of hydrogen-bond donors (Lipinski definition) is 1. The highest BCUT2D eigenvalue weighted by atomic mass is 16.5. The summed E-state index contributed by atoms with van der Waals surface area (Å²) in [7, 11) is 0. The fourth-order valence-corrected chi connectivity index (χ4v) is 1.07. The largest absolute Gasteiger partial charge is 0.450 e. The molecule has 0 saturated heterocycles. The molecule has 1 radical (unpaired) electrons. The summed E-state index contributed by atoms with van der Waals surface area (Å²) >= 11 is 0. The smallest absolute Gasteiger partial charge is 0.411 e. The molecule has 7 heteroatoms. The van der Waals surface area contributed by atoms with E-state index in [4.69, 9.17) is 4.74 Å². The van der Waals surface area contributed by atoms with Crippen LogP contribution >= 0.6 is 0 Å². The van der Waals surface area contributed by atoms with Crippen molar-refractivity contribution in [3.63, 3.8) is 0 Å². The maximum atomic E-state index is 11.2. The van der Waals surface area contributed by atoms with Crippen molar-refractivity contribution >= 4 is 17.4 Å². The van der Waals surface area contributed by atoms with Gasteiger partial charge in [-0.2, -0.15) is 9.61 Å². The first-order chi connectivity index (χ1) is 7.31. The average molecular weight is 206 g/mol. The van der Waals surface area contributed by atoms with Gasteiger partial charge in [0.25, 0.3) is 0 Å². The van der Waals surface area contributed by atoms with Gasteiger partial charge in [0.1, 0.15) is 12.5 Å². The van der Waals surface area contributed by atoms with Gasteiger partial charge >= 0.3 is 6.09 Å². The van der Waals surface area contributed by atoms with Crippen LogP contribution in [-0.2, 0) is 4.74 Å². The number of rotatable bonds is 2. The molecule has 0 bridgehead atoms. The van der Waals surface area contributed by atoms with Crippen LogP contribution in [0.25, 0.3) is 5.65 Å². The minimum absolute atomic E-state index is 0.309. The zero-order valence-electron chi connectivity index (χ0n) is 7.97. The minimum atomic E-state index is -0.540. The lowest BCUT2D eigenvalue weighted by Crippen LogP contribution is -2.14. The second-order valence-corrected chi connectivity index (χ2v) is 2.63. The first-order valence-corrected chi connectivity index (χ1v) is 4.32. The van der Waals surface area contributed by atoms with Crippen molar-refractivity contribution in [3.05, 3.63) is 18.6 Å². The maximum absolute atomic E-state index is 11.2. The number of amides is 1. The third-order valence-corrected chi connectivity index (χ3v) is 1.66. The van der Waals surface area contributed by atoms with Gasteiger partial charge in [0.2, 0.25) is 5.65 Å². The van der Waals surface area contributed by atoms with Gasteiger partial charge in [-0.3, -0.25) is 5.32 Å². The molecule has 0 aliphatic carbocycles. The molecule has 0 spiro atoms. The zero-order valence-corrected chi connectivity index (χ0v) is 7.97. The molecular weight excluding hydrogens is 198 g/mol. The van der Waals surface area contributed by atoms with Crippen LogP contribution in [0.3, 0.4) is 0 Å². The van der Waals surface area contributed by atoms with E-state index < -0.39 is 6.09 Å². The Hall–Kier alpha value is -2.18. The van der Waals surface area contributed by atoms with Gasteiger partial charge in [0.15, 0.2) is 0 Å². The molecule has 2 aromatic rings. The summed E-state index contributed by atoms with van der Waals surface area (Å²) in [6, 6.07) is 1.50. The van der Waals surface area contributed by atoms with E-state index in [9.17, 15) is 4.79 Å². The molecule has 15 heavy (non-hydrogen) atoms. The summed E-state index contributed by atoms with van der Waals surface area (Å²) in [5, 5.41) is 13.8. The molecule has 0 fully saturated rings. The number of anilines is 1. The van der Waals surface area contributed by atoms with Crippen molar-refractivity contribution < 1.29 is 9.53 Å². The molecule has 0 atom stereocenters. The molecule has 2 heterocycles. The van der Waals surface area contributed by atoms with Gasteiger partial charge in [-0.25, -0.2) is 4.79 Å². The molecule has 1 N–H and O–H groups in total. The Morgan fingerprint density at radius 2 is 2.60 bits per heavy atom. The second kappa shape index (κ2) is 3.91. The Bertz CT molecular complexity index is 481. The predicted octanol–water partition coefficient (Wildman–Crippen LogP) is 0.493. The van der Waals surface area contributed by atoms with Crippen LogP contribution in [-0.4, -0.2) is 32.5 Å². The number of ether oxygens (including phenoxy) is 1. The summed E-state index contributed by atoms with van der Waals surface area (Å²) in [6.07, 6.45) is 3.48. The van der Waals surface area contributed by atoms with Crippen molar-refractivity contribution in [2.75, 3.05) is 11.9 Å². The van der Waals surface area contributed by atoms with Gasteiger partial charge in [-0.1, -0.05) is 0 Å². The summed E-state index contributed by atoms with van der Waals surface area (Å²) in [6.45, 7) is 2.04. The lowest BCUT2D eigenvalue weighted by molar-refractivity contribution is 0.168. The molecule has 0 aliphatic rings. The predicted molar refractivity (Wildman–Crippen MR) is 50.3 cm³/mol. The average Bonchev–Trinajstić information content (AvgIpc) is 2.67. The minimum Gasteiger partial charge on any atom is -0.450 e. The van der Waals surface area contributed by atoms with Crippen LogP contribution in [0.4, 0.5) is 10.5 Å². The highest BCUT2D eigenvalue weighted by molar-refractivity contribution is 5.88. The van der Waals surface area contributed by atoms with Crippen LogP contribution in [0.1, 0.15) is 6.92 Å². The Kier molecular flexibility index (Phi) is 2.44. The van der Waals surface area contributed by atoms with Gasteiger partial charge in [-0.05, 0) is 13.0 Å². The Morgan fingerprint density at radius 1 is 1.73 bits per heavy atom. The molecule has 7 nitrogen and oxygen atoms in total. The number of fused-ring (bicyclic) bond motifs is 1. The lowest BCUT2D eigenvalue weighted by atomic mass is 10.4. The van der Waals surface area contributed by atoms with E-state index >= 15 is 0 Å². The monoisotopic (exact) mass is 206 g/mol. The van der Waals surface area contributed by atoms with Crippen molar-refractivity contribution in [3.8, 4) is 0 Å². The van der Waals surface area contributed by atoms with E-state index in [1.807, 2.05) is 0 Å². The second-order valence-electron chi connectivity index (χ2n) is 2.63. The van der Waals surface area contributed by atoms with Crippen LogP contribution in [0.15, 0.2) is 12.4 Å². The Labute approximate surface area is 85.1 Å². The normalized spacial score (nSPS) is 10.2. The van der Waals surface area contributed by atoms with E-state index in [0.29, 0.717) is 17.9 Å². The van der Waals surface area contributed by atoms with Crippen LogP contribution in [0, 0.1) is 6.20 Å².